The standard InChI is InChI=1S/C22H36N4O2/c1-18-15-20(17-26(18)16-19-7-4-3-5-8-19)25-22(23-2)24-11-6-12-28-21-9-13-27-14-10-21/h3-5,7-8,18,20-21H,6,9-17H2,1-2H3,(H2,23,24,25). The van der Waals surface area contributed by atoms with Gasteiger partial charge in [-0.2, -0.15) is 0 Å². The molecule has 0 radical (unpaired) electrons. The lowest BCUT2D eigenvalue weighted by Gasteiger charge is -2.22. The van der Waals surface area contributed by atoms with E-state index in [1.165, 1.54) is 5.56 Å². The Hall–Kier alpha value is -1.63. The van der Waals surface area contributed by atoms with Gasteiger partial charge in [-0.15, -0.1) is 0 Å². The monoisotopic (exact) mass is 388 g/mol. The fourth-order valence-corrected chi connectivity index (χ4v) is 4.00. The van der Waals surface area contributed by atoms with Crippen molar-refractivity contribution in [3.05, 3.63) is 35.9 Å². The van der Waals surface area contributed by atoms with Gasteiger partial charge < -0.3 is 20.1 Å². The average molecular weight is 389 g/mol. The van der Waals surface area contributed by atoms with Gasteiger partial charge >= 0.3 is 0 Å². The summed E-state index contributed by atoms with van der Waals surface area (Å²) in [5, 5.41) is 7.02. The van der Waals surface area contributed by atoms with E-state index in [0.717, 1.165) is 71.1 Å². The van der Waals surface area contributed by atoms with Crippen molar-refractivity contribution in [2.75, 3.05) is 40.0 Å². The zero-order valence-electron chi connectivity index (χ0n) is 17.4. The first-order valence-electron chi connectivity index (χ1n) is 10.7. The van der Waals surface area contributed by atoms with Gasteiger partial charge in [0, 0.05) is 58.6 Å². The summed E-state index contributed by atoms with van der Waals surface area (Å²) in [6, 6.07) is 11.7. The summed E-state index contributed by atoms with van der Waals surface area (Å²) in [7, 11) is 1.84. The number of likely N-dealkylation sites (tertiary alicyclic amines) is 1. The molecule has 156 valence electrons. The van der Waals surface area contributed by atoms with E-state index in [1.54, 1.807) is 0 Å². The smallest absolute Gasteiger partial charge is 0.191 e. The van der Waals surface area contributed by atoms with Crippen molar-refractivity contribution in [2.45, 2.75) is 57.3 Å². The molecule has 2 N–H and O–H groups in total. The number of nitrogens with zero attached hydrogens (tertiary/aromatic N) is 2. The molecule has 2 aliphatic rings. The molecule has 2 heterocycles. The highest BCUT2D eigenvalue weighted by molar-refractivity contribution is 5.80. The Morgan fingerprint density at radius 2 is 2.04 bits per heavy atom. The van der Waals surface area contributed by atoms with E-state index in [0.29, 0.717) is 18.2 Å². The van der Waals surface area contributed by atoms with Crippen molar-refractivity contribution in [3.63, 3.8) is 0 Å². The molecule has 0 amide bonds. The third-order valence-corrected chi connectivity index (χ3v) is 5.63. The van der Waals surface area contributed by atoms with Crippen molar-refractivity contribution in [2.24, 2.45) is 4.99 Å². The number of rotatable bonds is 8. The van der Waals surface area contributed by atoms with Gasteiger partial charge in [-0.3, -0.25) is 9.89 Å². The molecule has 6 heteroatoms. The first kappa shape index (κ1) is 21.1. The number of guanidine groups is 1. The molecule has 0 spiro atoms. The topological polar surface area (TPSA) is 58.1 Å². The minimum absolute atomic E-state index is 0.377. The molecule has 0 aromatic heterocycles. The zero-order valence-corrected chi connectivity index (χ0v) is 17.4. The lowest BCUT2D eigenvalue weighted by Crippen LogP contribution is -2.45. The number of nitrogens with one attached hydrogen (secondary N) is 2. The van der Waals surface area contributed by atoms with Crippen LogP contribution in [0.2, 0.25) is 0 Å². The van der Waals surface area contributed by atoms with Gasteiger partial charge in [0.2, 0.25) is 0 Å². The van der Waals surface area contributed by atoms with Crippen LogP contribution in [-0.2, 0) is 16.0 Å². The van der Waals surface area contributed by atoms with Crippen LogP contribution in [0.25, 0.3) is 0 Å². The van der Waals surface area contributed by atoms with E-state index in [9.17, 15) is 0 Å². The molecule has 3 rings (SSSR count). The first-order valence-corrected chi connectivity index (χ1v) is 10.7. The van der Waals surface area contributed by atoms with Gasteiger partial charge in [0.05, 0.1) is 6.10 Å². The van der Waals surface area contributed by atoms with Crippen LogP contribution in [0, 0.1) is 0 Å². The molecule has 1 aromatic carbocycles. The fourth-order valence-electron chi connectivity index (χ4n) is 4.00. The van der Waals surface area contributed by atoms with Crippen LogP contribution in [-0.4, -0.2) is 69.0 Å². The second-order valence-electron chi connectivity index (χ2n) is 7.88. The van der Waals surface area contributed by atoms with E-state index in [-0.39, 0.29) is 0 Å². The van der Waals surface area contributed by atoms with Crippen molar-refractivity contribution in [3.8, 4) is 0 Å². The van der Waals surface area contributed by atoms with Crippen molar-refractivity contribution >= 4 is 5.96 Å². The van der Waals surface area contributed by atoms with Gasteiger partial charge in [-0.1, -0.05) is 30.3 Å². The van der Waals surface area contributed by atoms with Crippen LogP contribution in [0.3, 0.4) is 0 Å². The third kappa shape index (κ3) is 6.76. The highest BCUT2D eigenvalue weighted by atomic mass is 16.5. The summed E-state index contributed by atoms with van der Waals surface area (Å²) in [5.74, 6) is 0.893. The molecule has 2 atom stereocenters. The molecule has 0 saturated carbocycles. The first-order chi connectivity index (χ1) is 13.7. The van der Waals surface area contributed by atoms with Crippen LogP contribution in [0.5, 0.6) is 0 Å². The Balaban J connectivity index is 1.33. The van der Waals surface area contributed by atoms with E-state index in [2.05, 4.69) is 57.8 Å². The molecule has 2 saturated heterocycles. The molecule has 2 fully saturated rings. The predicted octanol–water partition coefficient (Wildman–Crippen LogP) is 2.40. The summed E-state index contributed by atoms with van der Waals surface area (Å²) in [4.78, 5) is 6.94. The normalized spacial score (nSPS) is 24.4. The Morgan fingerprint density at radius 1 is 1.25 bits per heavy atom. The average Bonchev–Trinajstić information content (AvgIpc) is 3.07. The van der Waals surface area contributed by atoms with E-state index >= 15 is 0 Å². The molecule has 1 aromatic rings. The highest BCUT2D eigenvalue weighted by Crippen LogP contribution is 2.20. The molecule has 28 heavy (non-hydrogen) atoms. The van der Waals surface area contributed by atoms with E-state index in [4.69, 9.17) is 9.47 Å². The van der Waals surface area contributed by atoms with E-state index < -0.39 is 0 Å². The van der Waals surface area contributed by atoms with Crippen LogP contribution < -0.4 is 10.6 Å². The minimum Gasteiger partial charge on any atom is -0.381 e. The Kier molecular flexibility index (Phi) is 8.58. The Labute approximate surface area is 169 Å². The second-order valence-corrected chi connectivity index (χ2v) is 7.88. The Bertz CT molecular complexity index is 589. The molecule has 2 unspecified atom stereocenters. The van der Waals surface area contributed by atoms with E-state index in [1.807, 2.05) is 7.05 Å². The van der Waals surface area contributed by atoms with Gasteiger partial charge in [0.15, 0.2) is 5.96 Å². The summed E-state index contributed by atoms with van der Waals surface area (Å²) >= 11 is 0. The van der Waals surface area contributed by atoms with Crippen molar-refractivity contribution < 1.29 is 9.47 Å². The van der Waals surface area contributed by atoms with Crippen molar-refractivity contribution in [1.82, 2.24) is 15.5 Å². The second kappa shape index (κ2) is 11.4. The molecule has 0 aliphatic carbocycles. The summed E-state index contributed by atoms with van der Waals surface area (Å²) in [5.41, 5.74) is 1.38. The summed E-state index contributed by atoms with van der Waals surface area (Å²) in [6.45, 7) is 7.70. The SMILES string of the molecule is CN=C(NCCCOC1CCOCC1)NC1CC(C)N(Cc2ccccc2)C1. The summed E-state index contributed by atoms with van der Waals surface area (Å²) < 4.78 is 11.3. The highest BCUT2D eigenvalue weighted by Gasteiger charge is 2.29. The maximum Gasteiger partial charge on any atom is 0.191 e. The Morgan fingerprint density at radius 3 is 2.79 bits per heavy atom. The molecular weight excluding hydrogens is 352 g/mol. The fraction of sp³-hybridized carbons (Fsp3) is 0.682. The largest absolute Gasteiger partial charge is 0.381 e. The number of hydrogen-bond acceptors (Lipinski definition) is 4. The van der Waals surface area contributed by atoms with Crippen LogP contribution >= 0.6 is 0 Å². The van der Waals surface area contributed by atoms with Gasteiger partial charge in [-0.05, 0) is 38.2 Å². The number of aliphatic imine (C=N–C) groups is 1. The third-order valence-electron chi connectivity index (χ3n) is 5.63. The maximum absolute atomic E-state index is 5.93. The quantitative estimate of drug-likeness (QED) is 0.407. The number of ether oxygens (including phenoxy) is 2. The number of hydrogen-bond donors (Lipinski definition) is 2. The van der Waals surface area contributed by atoms with Gasteiger partial charge in [-0.25, -0.2) is 0 Å². The molecule has 2 aliphatic heterocycles. The van der Waals surface area contributed by atoms with Crippen LogP contribution in [0.15, 0.2) is 35.3 Å². The van der Waals surface area contributed by atoms with Gasteiger partial charge in [0.1, 0.15) is 0 Å². The van der Waals surface area contributed by atoms with Gasteiger partial charge in [0.25, 0.3) is 0 Å². The zero-order chi connectivity index (χ0) is 19.6. The van der Waals surface area contributed by atoms with Crippen LogP contribution in [0.4, 0.5) is 0 Å². The predicted molar refractivity (Wildman–Crippen MR) is 114 cm³/mol. The maximum atomic E-state index is 5.93. The lowest BCUT2D eigenvalue weighted by atomic mass is 10.1. The lowest BCUT2D eigenvalue weighted by molar-refractivity contribution is -0.0320. The minimum atomic E-state index is 0.377. The summed E-state index contributed by atoms with van der Waals surface area (Å²) in [6.07, 6.45) is 4.55. The van der Waals surface area contributed by atoms with Crippen molar-refractivity contribution in [1.29, 1.82) is 0 Å². The number of benzene rings is 1. The van der Waals surface area contributed by atoms with Crippen LogP contribution in [0.1, 0.15) is 38.2 Å². The molecule has 6 nitrogen and oxygen atoms in total. The molecular formula is C22H36N4O2. The molecule has 0 bridgehead atoms.